The summed E-state index contributed by atoms with van der Waals surface area (Å²) in [7, 11) is 1.29. The van der Waals surface area contributed by atoms with E-state index in [1.165, 1.54) is 30.6 Å². The van der Waals surface area contributed by atoms with Crippen molar-refractivity contribution >= 4 is 28.2 Å². The Labute approximate surface area is 130 Å². The number of amides is 1. The molecule has 1 aromatic heterocycles. The van der Waals surface area contributed by atoms with Crippen molar-refractivity contribution in [3.63, 3.8) is 0 Å². The van der Waals surface area contributed by atoms with Crippen LogP contribution in [0.3, 0.4) is 0 Å². The number of benzene rings is 1. The van der Waals surface area contributed by atoms with Gasteiger partial charge in [0.15, 0.2) is 0 Å². The standard InChI is InChI=1S/C16H14FNO3S/c1-21-16(20)13-12(9-4-6-11(17)7-5-9)8-22-15(13)18-14(19)10-2-3-10/h4-8,10H,2-3H2,1H3,(H,18,19). The summed E-state index contributed by atoms with van der Waals surface area (Å²) in [4.78, 5) is 24.0. The van der Waals surface area contributed by atoms with Crippen molar-refractivity contribution in [2.75, 3.05) is 12.4 Å². The van der Waals surface area contributed by atoms with Gasteiger partial charge in [-0.15, -0.1) is 11.3 Å². The Hall–Kier alpha value is -2.21. The van der Waals surface area contributed by atoms with Crippen molar-refractivity contribution in [1.29, 1.82) is 0 Å². The highest BCUT2D eigenvalue weighted by Gasteiger charge is 2.31. The highest BCUT2D eigenvalue weighted by molar-refractivity contribution is 7.15. The van der Waals surface area contributed by atoms with Gasteiger partial charge in [0, 0.05) is 16.9 Å². The van der Waals surface area contributed by atoms with Gasteiger partial charge in [-0.1, -0.05) is 12.1 Å². The Kier molecular flexibility index (Phi) is 3.94. The summed E-state index contributed by atoms with van der Waals surface area (Å²) >= 11 is 1.27. The van der Waals surface area contributed by atoms with Crippen LogP contribution in [0.2, 0.25) is 0 Å². The van der Waals surface area contributed by atoms with E-state index in [4.69, 9.17) is 4.74 Å². The SMILES string of the molecule is COC(=O)c1c(-c2ccc(F)cc2)csc1NC(=O)C1CC1. The molecule has 1 N–H and O–H groups in total. The van der Waals surface area contributed by atoms with Crippen LogP contribution < -0.4 is 5.32 Å². The number of carbonyl (C=O) groups excluding carboxylic acids is 2. The molecule has 2 aromatic rings. The van der Waals surface area contributed by atoms with E-state index in [1.54, 1.807) is 17.5 Å². The lowest BCUT2D eigenvalue weighted by atomic mass is 10.0. The van der Waals surface area contributed by atoms with E-state index in [2.05, 4.69) is 5.32 Å². The maximum Gasteiger partial charge on any atom is 0.341 e. The van der Waals surface area contributed by atoms with Crippen LogP contribution in [-0.4, -0.2) is 19.0 Å². The van der Waals surface area contributed by atoms with E-state index in [0.29, 0.717) is 21.7 Å². The number of carbonyl (C=O) groups is 2. The monoisotopic (exact) mass is 319 g/mol. The van der Waals surface area contributed by atoms with Gasteiger partial charge in [0.25, 0.3) is 0 Å². The van der Waals surface area contributed by atoms with Gasteiger partial charge in [0.1, 0.15) is 16.4 Å². The smallest absolute Gasteiger partial charge is 0.341 e. The minimum Gasteiger partial charge on any atom is -0.465 e. The summed E-state index contributed by atoms with van der Waals surface area (Å²) in [5.74, 6) is -0.896. The van der Waals surface area contributed by atoms with Crippen LogP contribution in [0.4, 0.5) is 9.39 Å². The van der Waals surface area contributed by atoms with Crippen molar-refractivity contribution in [3.8, 4) is 11.1 Å². The first-order valence-corrected chi connectivity index (χ1v) is 7.74. The summed E-state index contributed by atoms with van der Waals surface area (Å²) < 4.78 is 17.9. The Morgan fingerprint density at radius 3 is 2.55 bits per heavy atom. The van der Waals surface area contributed by atoms with Crippen molar-refractivity contribution in [3.05, 3.63) is 41.0 Å². The fraction of sp³-hybridized carbons (Fsp3) is 0.250. The molecule has 6 heteroatoms. The molecule has 0 bridgehead atoms. The molecule has 0 unspecified atom stereocenters. The maximum atomic E-state index is 13.1. The van der Waals surface area contributed by atoms with Crippen LogP contribution in [0.15, 0.2) is 29.6 Å². The normalized spacial score (nSPS) is 13.7. The molecule has 1 amide bonds. The summed E-state index contributed by atoms with van der Waals surface area (Å²) in [5.41, 5.74) is 1.64. The van der Waals surface area contributed by atoms with Gasteiger partial charge in [0.2, 0.25) is 5.91 Å². The van der Waals surface area contributed by atoms with Gasteiger partial charge in [-0.3, -0.25) is 4.79 Å². The van der Waals surface area contributed by atoms with Crippen LogP contribution in [0.25, 0.3) is 11.1 Å². The third kappa shape index (κ3) is 2.87. The zero-order valence-corrected chi connectivity index (χ0v) is 12.7. The van der Waals surface area contributed by atoms with Gasteiger partial charge in [-0.05, 0) is 30.5 Å². The number of anilines is 1. The third-order valence-electron chi connectivity index (χ3n) is 3.52. The molecule has 0 saturated heterocycles. The minimum atomic E-state index is -0.522. The summed E-state index contributed by atoms with van der Waals surface area (Å²) in [6.07, 6.45) is 1.77. The lowest BCUT2D eigenvalue weighted by Gasteiger charge is -2.07. The number of hydrogen-bond acceptors (Lipinski definition) is 4. The molecular weight excluding hydrogens is 305 g/mol. The Morgan fingerprint density at radius 1 is 1.27 bits per heavy atom. The predicted molar refractivity (Wildman–Crippen MR) is 82.4 cm³/mol. The largest absolute Gasteiger partial charge is 0.465 e. The lowest BCUT2D eigenvalue weighted by molar-refractivity contribution is -0.117. The fourth-order valence-electron chi connectivity index (χ4n) is 2.16. The van der Waals surface area contributed by atoms with E-state index >= 15 is 0 Å². The number of halogens is 1. The van der Waals surface area contributed by atoms with Crippen LogP contribution in [0, 0.1) is 11.7 Å². The van der Waals surface area contributed by atoms with Crippen molar-refractivity contribution < 1.29 is 18.7 Å². The third-order valence-corrected chi connectivity index (χ3v) is 4.42. The summed E-state index contributed by atoms with van der Waals surface area (Å²) in [5, 5.41) is 5.03. The number of thiophene rings is 1. The molecule has 1 fully saturated rings. The molecule has 1 aromatic carbocycles. The molecular formula is C16H14FNO3S. The number of nitrogens with one attached hydrogen (secondary N) is 1. The average Bonchev–Trinajstić information content (AvgIpc) is 3.29. The molecule has 1 aliphatic carbocycles. The minimum absolute atomic E-state index is 0.0434. The fourth-order valence-corrected chi connectivity index (χ4v) is 3.12. The van der Waals surface area contributed by atoms with Crippen LogP contribution in [0.1, 0.15) is 23.2 Å². The van der Waals surface area contributed by atoms with E-state index in [1.807, 2.05) is 0 Å². The van der Waals surface area contributed by atoms with Gasteiger partial charge in [0.05, 0.1) is 7.11 Å². The lowest BCUT2D eigenvalue weighted by Crippen LogP contribution is -2.15. The molecule has 0 spiro atoms. The number of ether oxygens (including phenoxy) is 1. The molecule has 22 heavy (non-hydrogen) atoms. The van der Waals surface area contributed by atoms with E-state index < -0.39 is 5.97 Å². The second-order valence-electron chi connectivity index (χ2n) is 5.12. The number of esters is 1. The van der Waals surface area contributed by atoms with Gasteiger partial charge < -0.3 is 10.1 Å². The zero-order chi connectivity index (χ0) is 15.7. The zero-order valence-electron chi connectivity index (χ0n) is 11.9. The number of hydrogen-bond donors (Lipinski definition) is 1. The van der Waals surface area contributed by atoms with E-state index in [0.717, 1.165) is 12.8 Å². The summed E-state index contributed by atoms with van der Waals surface area (Å²) in [6, 6.07) is 5.85. The van der Waals surface area contributed by atoms with Crippen molar-refractivity contribution in [1.82, 2.24) is 0 Å². The first-order valence-electron chi connectivity index (χ1n) is 6.86. The second kappa shape index (κ2) is 5.88. The molecule has 1 saturated carbocycles. The molecule has 0 radical (unpaired) electrons. The highest BCUT2D eigenvalue weighted by atomic mass is 32.1. The molecule has 1 aliphatic rings. The first-order chi connectivity index (χ1) is 10.6. The number of rotatable bonds is 4. The maximum absolute atomic E-state index is 13.1. The Morgan fingerprint density at radius 2 is 1.95 bits per heavy atom. The molecule has 0 atom stereocenters. The van der Waals surface area contributed by atoms with Gasteiger partial charge >= 0.3 is 5.97 Å². The van der Waals surface area contributed by atoms with Crippen LogP contribution >= 0.6 is 11.3 Å². The molecule has 4 nitrogen and oxygen atoms in total. The summed E-state index contributed by atoms with van der Waals surface area (Å²) in [6.45, 7) is 0. The van der Waals surface area contributed by atoms with E-state index in [9.17, 15) is 14.0 Å². The van der Waals surface area contributed by atoms with E-state index in [-0.39, 0.29) is 17.6 Å². The predicted octanol–water partition coefficient (Wildman–Crippen LogP) is 3.69. The highest BCUT2D eigenvalue weighted by Crippen LogP contribution is 2.38. The van der Waals surface area contributed by atoms with Crippen LogP contribution in [-0.2, 0) is 9.53 Å². The molecule has 0 aliphatic heterocycles. The average molecular weight is 319 g/mol. The first kappa shape index (κ1) is 14.7. The van der Waals surface area contributed by atoms with Crippen molar-refractivity contribution in [2.24, 2.45) is 5.92 Å². The quantitative estimate of drug-likeness (QED) is 0.875. The Bertz CT molecular complexity index is 719. The second-order valence-corrected chi connectivity index (χ2v) is 6.00. The van der Waals surface area contributed by atoms with Crippen LogP contribution in [0.5, 0.6) is 0 Å². The number of methoxy groups -OCH3 is 1. The molecule has 3 rings (SSSR count). The Balaban J connectivity index is 1.98. The van der Waals surface area contributed by atoms with Gasteiger partial charge in [-0.25, -0.2) is 9.18 Å². The molecule has 114 valence electrons. The topological polar surface area (TPSA) is 55.4 Å². The van der Waals surface area contributed by atoms with Crippen molar-refractivity contribution in [2.45, 2.75) is 12.8 Å². The molecule has 1 heterocycles. The van der Waals surface area contributed by atoms with Gasteiger partial charge in [-0.2, -0.15) is 0 Å².